The molecule has 0 amide bonds. The highest BCUT2D eigenvalue weighted by molar-refractivity contribution is 6.10. The van der Waals surface area contributed by atoms with Crippen molar-refractivity contribution in [3.8, 4) is 0 Å². The normalized spacial score (nSPS) is 20.5. The van der Waals surface area contributed by atoms with Crippen molar-refractivity contribution in [2.45, 2.75) is 38.5 Å². The van der Waals surface area contributed by atoms with Gasteiger partial charge < -0.3 is 34.0 Å². The Bertz CT molecular complexity index is 207. The van der Waals surface area contributed by atoms with Crippen LogP contribution in [0.15, 0.2) is 0 Å². The lowest BCUT2D eigenvalue weighted by Crippen LogP contribution is -3.00. The third-order valence-electron chi connectivity index (χ3n) is 3.27. The second kappa shape index (κ2) is 9.34. The standard InChI is InChI=1S/C12H22N2.2BrH/c1-3-7-13(8-4-1)11-12-14-9-5-2-6-10-14;;/h11-12H,1-10H2;2*1H/q+2;;/p-2. The van der Waals surface area contributed by atoms with Gasteiger partial charge in [-0.15, -0.1) is 0 Å². The molecule has 0 radical (unpaired) electrons. The Labute approximate surface area is 120 Å². The van der Waals surface area contributed by atoms with Crippen LogP contribution in [0.1, 0.15) is 38.5 Å². The Morgan fingerprint density at radius 1 is 0.500 bits per heavy atom. The predicted molar refractivity (Wildman–Crippen MR) is 59.8 cm³/mol. The lowest BCUT2D eigenvalue weighted by Gasteiger charge is -2.09. The second-order valence-corrected chi connectivity index (χ2v) is 4.49. The summed E-state index contributed by atoms with van der Waals surface area (Å²) in [5, 5.41) is 0. The highest BCUT2D eigenvalue weighted by Gasteiger charge is 2.12. The van der Waals surface area contributed by atoms with Crippen molar-refractivity contribution in [3.63, 3.8) is 0 Å². The van der Waals surface area contributed by atoms with Crippen LogP contribution in [-0.2, 0) is 0 Å². The predicted octanol–water partition coefficient (Wildman–Crippen LogP) is -4.47. The van der Waals surface area contributed by atoms with Crippen LogP contribution in [0.2, 0.25) is 0 Å². The van der Waals surface area contributed by atoms with Crippen molar-refractivity contribution in [2.24, 2.45) is 0 Å². The quantitative estimate of drug-likeness (QED) is 0.419. The molecule has 0 bridgehead atoms. The molecule has 0 aromatic carbocycles. The molecule has 0 aliphatic carbocycles. The average Bonchev–Trinajstić information content (AvgIpc) is 2.29. The summed E-state index contributed by atoms with van der Waals surface area (Å²) >= 11 is 0. The number of nitrogens with zero attached hydrogens (tertiary/aromatic N) is 2. The van der Waals surface area contributed by atoms with E-state index in [0.717, 1.165) is 0 Å². The van der Waals surface area contributed by atoms with E-state index in [9.17, 15) is 0 Å². The third kappa shape index (κ3) is 5.58. The van der Waals surface area contributed by atoms with Gasteiger partial charge in [0.2, 0.25) is 12.4 Å². The molecule has 0 aromatic heterocycles. The molecule has 2 heterocycles. The summed E-state index contributed by atoms with van der Waals surface area (Å²) in [6.07, 6.45) is 13.0. The molecule has 2 saturated heterocycles. The molecule has 2 aliphatic rings. The van der Waals surface area contributed by atoms with Gasteiger partial charge in [-0.3, -0.25) is 0 Å². The van der Waals surface area contributed by atoms with E-state index in [0.29, 0.717) is 0 Å². The molecule has 2 aliphatic heterocycles. The molecule has 2 fully saturated rings. The maximum absolute atomic E-state index is 2.47. The van der Waals surface area contributed by atoms with Crippen molar-refractivity contribution in [3.05, 3.63) is 0 Å². The van der Waals surface area contributed by atoms with Gasteiger partial charge in [-0.1, -0.05) is 0 Å². The second-order valence-electron chi connectivity index (χ2n) is 4.49. The number of rotatable bonds is 1. The molecule has 0 saturated carbocycles. The van der Waals surface area contributed by atoms with Crippen LogP contribution in [0.3, 0.4) is 0 Å². The lowest BCUT2D eigenvalue weighted by molar-refractivity contribution is -0.544. The van der Waals surface area contributed by atoms with E-state index in [4.69, 9.17) is 0 Å². The SMILES string of the molecule is C(C=[N+]1CCCCC1)=[N+]1CCCCC1.[Br-].[Br-]. The summed E-state index contributed by atoms with van der Waals surface area (Å²) in [7, 11) is 0. The minimum Gasteiger partial charge on any atom is -1.00 e. The Morgan fingerprint density at radius 2 is 0.812 bits per heavy atom. The van der Waals surface area contributed by atoms with Crippen LogP contribution in [0.25, 0.3) is 0 Å². The van der Waals surface area contributed by atoms with Crippen LogP contribution in [-0.4, -0.2) is 47.8 Å². The van der Waals surface area contributed by atoms with Crippen molar-refractivity contribution >= 4 is 12.4 Å². The first-order chi connectivity index (χ1) is 6.95. The van der Waals surface area contributed by atoms with Crippen molar-refractivity contribution in [1.82, 2.24) is 0 Å². The summed E-state index contributed by atoms with van der Waals surface area (Å²) in [6, 6.07) is 0. The molecule has 4 heteroatoms. The minimum atomic E-state index is 0. The largest absolute Gasteiger partial charge is 1.00 e. The molecule has 16 heavy (non-hydrogen) atoms. The fraction of sp³-hybridized carbons (Fsp3) is 0.833. The van der Waals surface area contributed by atoms with Gasteiger partial charge in [0.05, 0.1) is 0 Å². The first kappa shape index (κ1) is 16.3. The average molecular weight is 354 g/mol. The number of piperidine rings is 2. The summed E-state index contributed by atoms with van der Waals surface area (Å²) < 4.78 is 4.94. The monoisotopic (exact) mass is 352 g/mol. The van der Waals surface area contributed by atoms with E-state index < -0.39 is 0 Å². The zero-order valence-corrected chi connectivity index (χ0v) is 13.0. The highest BCUT2D eigenvalue weighted by Crippen LogP contribution is 2.04. The number of halogens is 2. The zero-order valence-electron chi connectivity index (χ0n) is 9.88. The van der Waals surface area contributed by atoms with E-state index >= 15 is 0 Å². The minimum absolute atomic E-state index is 0. The molecule has 0 aromatic rings. The summed E-state index contributed by atoms with van der Waals surface area (Å²) in [6.45, 7) is 5.07. The van der Waals surface area contributed by atoms with Crippen molar-refractivity contribution in [2.75, 3.05) is 26.2 Å². The molecule has 0 N–H and O–H groups in total. The Hall–Kier alpha value is 0.300. The van der Waals surface area contributed by atoms with Gasteiger partial charge in [-0.05, 0) is 12.8 Å². The Balaban J connectivity index is 0.00000112. The van der Waals surface area contributed by atoms with Crippen molar-refractivity contribution < 1.29 is 43.1 Å². The maximum atomic E-state index is 2.47. The van der Waals surface area contributed by atoms with Crippen LogP contribution in [0.5, 0.6) is 0 Å². The van der Waals surface area contributed by atoms with E-state index in [1.54, 1.807) is 0 Å². The van der Waals surface area contributed by atoms with E-state index in [2.05, 4.69) is 21.6 Å². The molecular formula is C12H22Br2N2. The topological polar surface area (TPSA) is 6.02 Å². The first-order valence-electron chi connectivity index (χ1n) is 6.11. The lowest BCUT2D eigenvalue weighted by atomic mass is 10.1. The van der Waals surface area contributed by atoms with Gasteiger partial charge in [0.15, 0.2) is 0 Å². The highest BCUT2D eigenvalue weighted by atomic mass is 79.9. The van der Waals surface area contributed by atoms with Crippen LogP contribution in [0.4, 0.5) is 0 Å². The van der Waals surface area contributed by atoms with Crippen LogP contribution in [0, 0.1) is 0 Å². The van der Waals surface area contributed by atoms with Gasteiger partial charge in [0.1, 0.15) is 26.2 Å². The molecule has 0 unspecified atom stereocenters. The molecular weight excluding hydrogens is 332 g/mol. The van der Waals surface area contributed by atoms with Gasteiger partial charge >= 0.3 is 0 Å². The fourth-order valence-electron chi connectivity index (χ4n) is 2.32. The van der Waals surface area contributed by atoms with E-state index in [1.807, 2.05) is 0 Å². The van der Waals surface area contributed by atoms with E-state index in [-0.39, 0.29) is 34.0 Å². The first-order valence-corrected chi connectivity index (χ1v) is 6.11. The smallest absolute Gasteiger partial charge is 0.227 e. The molecule has 94 valence electrons. The van der Waals surface area contributed by atoms with Crippen molar-refractivity contribution in [1.29, 1.82) is 0 Å². The maximum Gasteiger partial charge on any atom is 0.227 e. The number of hydrogen-bond acceptors (Lipinski definition) is 0. The summed E-state index contributed by atoms with van der Waals surface area (Å²) in [5.41, 5.74) is 0. The molecule has 0 atom stereocenters. The number of hydrogen-bond donors (Lipinski definition) is 0. The van der Waals surface area contributed by atoms with E-state index in [1.165, 1.54) is 64.7 Å². The van der Waals surface area contributed by atoms with Crippen LogP contribution < -0.4 is 34.0 Å². The Morgan fingerprint density at radius 3 is 1.12 bits per heavy atom. The van der Waals surface area contributed by atoms with Gasteiger partial charge in [0.25, 0.3) is 0 Å². The molecule has 2 rings (SSSR count). The molecule has 0 spiro atoms. The summed E-state index contributed by atoms with van der Waals surface area (Å²) in [4.78, 5) is 0. The molecule has 2 nitrogen and oxygen atoms in total. The van der Waals surface area contributed by atoms with Gasteiger partial charge in [-0.2, -0.15) is 0 Å². The van der Waals surface area contributed by atoms with Gasteiger partial charge in [0, 0.05) is 25.7 Å². The third-order valence-corrected chi connectivity index (χ3v) is 3.27. The zero-order chi connectivity index (χ0) is 9.64. The van der Waals surface area contributed by atoms with Crippen LogP contribution >= 0.6 is 0 Å². The Kier molecular flexibility index (Phi) is 9.52. The summed E-state index contributed by atoms with van der Waals surface area (Å²) in [5.74, 6) is 0. The van der Waals surface area contributed by atoms with Gasteiger partial charge in [-0.25, -0.2) is 9.15 Å². The fourth-order valence-corrected chi connectivity index (χ4v) is 2.32.